The zero-order chi connectivity index (χ0) is 13.0. The number of aliphatic hydroxyl groups excluding tert-OH is 1. The van der Waals surface area contributed by atoms with Gasteiger partial charge in [-0.15, -0.1) is 0 Å². The molecule has 1 heterocycles. The van der Waals surface area contributed by atoms with Crippen LogP contribution in [-0.4, -0.2) is 14.7 Å². The van der Waals surface area contributed by atoms with Crippen molar-refractivity contribution in [3.8, 4) is 0 Å². The molecular formula is C14H18N2OS. The Morgan fingerprint density at radius 2 is 2.06 bits per heavy atom. The van der Waals surface area contributed by atoms with Crippen LogP contribution in [0, 0.1) is 0 Å². The molecular weight excluding hydrogens is 244 g/mol. The highest BCUT2D eigenvalue weighted by Gasteiger charge is 2.14. The SMILES string of the molecule is CC[C@H](Sc1ncc(CO)n1C)c1ccccc1. The van der Waals surface area contributed by atoms with Crippen molar-refractivity contribution in [1.82, 2.24) is 9.55 Å². The highest BCUT2D eigenvalue weighted by molar-refractivity contribution is 7.99. The van der Waals surface area contributed by atoms with Gasteiger partial charge in [0.15, 0.2) is 5.16 Å². The molecule has 18 heavy (non-hydrogen) atoms. The number of hydrogen-bond acceptors (Lipinski definition) is 3. The van der Waals surface area contributed by atoms with E-state index in [-0.39, 0.29) is 6.61 Å². The first-order valence-electron chi connectivity index (χ1n) is 6.09. The lowest BCUT2D eigenvalue weighted by atomic mass is 10.1. The van der Waals surface area contributed by atoms with Crippen LogP contribution < -0.4 is 0 Å². The number of aromatic nitrogens is 2. The summed E-state index contributed by atoms with van der Waals surface area (Å²) in [5.74, 6) is 0. The van der Waals surface area contributed by atoms with Gasteiger partial charge in [0.05, 0.1) is 18.5 Å². The Labute approximate surface area is 112 Å². The molecule has 0 spiro atoms. The fourth-order valence-electron chi connectivity index (χ4n) is 1.86. The molecule has 0 bridgehead atoms. The number of aliphatic hydroxyl groups is 1. The standard InChI is InChI=1S/C14H18N2OS/c1-3-13(11-7-5-4-6-8-11)18-14-15-9-12(10-17)16(14)2/h4-9,13,17H,3,10H2,1-2H3/t13-/m0/s1. The minimum atomic E-state index is 0.0339. The number of nitrogens with zero attached hydrogens (tertiary/aromatic N) is 2. The van der Waals surface area contributed by atoms with Gasteiger partial charge in [-0.3, -0.25) is 0 Å². The van der Waals surface area contributed by atoms with Crippen LogP contribution in [0.5, 0.6) is 0 Å². The Bertz CT molecular complexity index is 496. The lowest BCUT2D eigenvalue weighted by Gasteiger charge is -2.14. The largest absolute Gasteiger partial charge is 0.390 e. The van der Waals surface area contributed by atoms with Crippen molar-refractivity contribution in [1.29, 1.82) is 0 Å². The summed E-state index contributed by atoms with van der Waals surface area (Å²) in [4.78, 5) is 4.37. The van der Waals surface area contributed by atoms with Crippen LogP contribution in [-0.2, 0) is 13.7 Å². The molecule has 1 N–H and O–H groups in total. The van der Waals surface area contributed by atoms with Gasteiger partial charge in [0, 0.05) is 12.3 Å². The topological polar surface area (TPSA) is 38.1 Å². The van der Waals surface area contributed by atoms with Crippen LogP contribution in [0.3, 0.4) is 0 Å². The van der Waals surface area contributed by atoms with E-state index in [2.05, 4.69) is 36.2 Å². The third-order valence-electron chi connectivity index (χ3n) is 2.99. The molecule has 0 aliphatic heterocycles. The Kier molecular flexibility index (Phi) is 4.44. The number of imidazole rings is 1. The van der Waals surface area contributed by atoms with Crippen molar-refractivity contribution in [3.63, 3.8) is 0 Å². The highest BCUT2D eigenvalue weighted by Crippen LogP contribution is 2.36. The van der Waals surface area contributed by atoms with E-state index in [1.807, 2.05) is 17.7 Å². The van der Waals surface area contributed by atoms with E-state index < -0.39 is 0 Å². The summed E-state index contributed by atoms with van der Waals surface area (Å²) in [5, 5.41) is 10.5. The predicted octanol–water partition coefficient (Wildman–Crippen LogP) is 3.16. The number of thioether (sulfide) groups is 1. The molecule has 0 aliphatic rings. The second kappa shape index (κ2) is 6.07. The van der Waals surface area contributed by atoms with Crippen LogP contribution >= 0.6 is 11.8 Å². The molecule has 4 heteroatoms. The van der Waals surface area contributed by atoms with Crippen molar-refractivity contribution in [2.45, 2.75) is 30.4 Å². The summed E-state index contributed by atoms with van der Waals surface area (Å²) in [6.45, 7) is 2.22. The zero-order valence-electron chi connectivity index (χ0n) is 10.7. The van der Waals surface area contributed by atoms with Gasteiger partial charge in [0.2, 0.25) is 0 Å². The molecule has 0 radical (unpaired) electrons. The summed E-state index contributed by atoms with van der Waals surface area (Å²) < 4.78 is 1.95. The van der Waals surface area contributed by atoms with Crippen LogP contribution in [0.25, 0.3) is 0 Å². The molecule has 0 saturated carbocycles. The summed E-state index contributed by atoms with van der Waals surface area (Å²) in [6, 6.07) is 10.5. The molecule has 0 fully saturated rings. The van der Waals surface area contributed by atoms with Crippen LogP contribution in [0.15, 0.2) is 41.7 Å². The maximum Gasteiger partial charge on any atom is 0.168 e. The first kappa shape index (κ1) is 13.2. The van der Waals surface area contributed by atoms with E-state index in [1.54, 1.807) is 18.0 Å². The van der Waals surface area contributed by atoms with E-state index in [1.165, 1.54) is 5.56 Å². The van der Waals surface area contributed by atoms with Gasteiger partial charge in [0.25, 0.3) is 0 Å². The van der Waals surface area contributed by atoms with Crippen molar-refractivity contribution in [3.05, 3.63) is 47.8 Å². The van der Waals surface area contributed by atoms with Gasteiger partial charge < -0.3 is 9.67 Å². The number of hydrogen-bond donors (Lipinski definition) is 1. The van der Waals surface area contributed by atoms with Crippen molar-refractivity contribution >= 4 is 11.8 Å². The van der Waals surface area contributed by atoms with Crippen LogP contribution in [0.2, 0.25) is 0 Å². The molecule has 2 rings (SSSR count). The second-order valence-electron chi connectivity index (χ2n) is 4.17. The smallest absolute Gasteiger partial charge is 0.168 e. The van der Waals surface area contributed by atoms with Gasteiger partial charge in [-0.05, 0) is 12.0 Å². The Morgan fingerprint density at radius 3 is 2.61 bits per heavy atom. The zero-order valence-corrected chi connectivity index (χ0v) is 11.5. The molecule has 0 unspecified atom stereocenters. The number of benzene rings is 1. The van der Waals surface area contributed by atoms with Crippen LogP contribution in [0.1, 0.15) is 29.9 Å². The molecule has 0 aliphatic carbocycles. The first-order chi connectivity index (χ1) is 8.76. The molecule has 96 valence electrons. The summed E-state index contributed by atoms with van der Waals surface area (Å²) in [7, 11) is 1.94. The van der Waals surface area contributed by atoms with E-state index in [9.17, 15) is 5.11 Å². The predicted molar refractivity (Wildman–Crippen MR) is 74.5 cm³/mol. The first-order valence-corrected chi connectivity index (χ1v) is 6.97. The van der Waals surface area contributed by atoms with Crippen LogP contribution in [0.4, 0.5) is 0 Å². The molecule has 3 nitrogen and oxygen atoms in total. The van der Waals surface area contributed by atoms with E-state index in [0.29, 0.717) is 5.25 Å². The second-order valence-corrected chi connectivity index (χ2v) is 5.34. The average Bonchev–Trinajstić information content (AvgIpc) is 2.77. The molecule has 0 saturated heterocycles. The molecule has 0 amide bonds. The molecule has 2 aromatic rings. The van der Waals surface area contributed by atoms with Gasteiger partial charge in [-0.1, -0.05) is 49.0 Å². The quantitative estimate of drug-likeness (QED) is 0.841. The van der Waals surface area contributed by atoms with Gasteiger partial charge >= 0.3 is 0 Å². The fraction of sp³-hybridized carbons (Fsp3) is 0.357. The molecule has 1 atom stereocenters. The summed E-state index contributed by atoms with van der Waals surface area (Å²) in [6.07, 6.45) is 2.79. The van der Waals surface area contributed by atoms with Gasteiger partial charge in [-0.2, -0.15) is 0 Å². The van der Waals surface area contributed by atoms with E-state index >= 15 is 0 Å². The highest BCUT2D eigenvalue weighted by atomic mass is 32.2. The fourth-order valence-corrected chi connectivity index (χ4v) is 2.97. The molecule has 1 aromatic heterocycles. The lowest BCUT2D eigenvalue weighted by Crippen LogP contribution is -2.00. The number of rotatable bonds is 5. The Balaban J connectivity index is 2.18. The average molecular weight is 262 g/mol. The summed E-state index contributed by atoms with van der Waals surface area (Å²) >= 11 is 1.75. The lowest BCUT2D eigenvalue weighted by molar-refractivity contribution is 0.271. The van der Waals surface area contributed by atoms with Crippen molar-refractivity contribution in [2.75, 3.05) is 0 Å². The van der Waals surface area contributed by atoms with Gasteiger partial charge in [0.1, 0.15) is 0 Å². The minimum absolute atomic E-state index is 0.0339. The monoisotopic (exact) mass is 262 g/mol. The van der Waals surface area contributed by atoms with Crippen molar-refractivity contribution in [2.24, 2.45) is 7.05 Å². The van der Waals surface area contributed by atoms with Crippen molar-refractivity contribution < 1.29 is 5.11 Å². The third-order valence-corrected chi connectivity index (χ3v) is 4.47. The maximum atomic E-state index is 9.17. The summed E-state index contributed by atoms with van der Waals surface area (Å²) in [5.41, 5.74) is 2.17. The normalized spacial score (nSPS) is 12.6. The van der Waals surface area contributed by atoms with E-state index in [4.69, 9.17) is 0 Å². The minimum Gasteiger partial charge on any atom is -0.390 e. The Hall–Kier alpha value is -1.26. The van der Waals surface area contributed by atoms with E-state index in [0.717, 1.165) is 17.3 Å². The van der Waals surface area contributed by atoms with Gasteiger partial charge in [-0.25, -0.2) is 4.98 Å². The maximum absolute atomic E-state index is 9.17. The third kappa shape index (κ3) is 2.76. The molecule has 1 aromatic carbocycles. The Morgan fingerprint density at radius 1 is 1.33 bits per heavy atom.